The Morgan fingerprint density at radius 2 is 1.77 bits per heavy atom. The molecule has 1 heteroatoms. The summed E-state index contributed by atoms with van der Waals surface area (Å²) in [6.45, 7) is 4.17. The third-order valence-corrected chi connectivity index (χ3v) is 2.29. The minimum Gasteiger partial charge on any atom is -0.388 e. The molecular formula is C12H18O. The summed E-state index contributed by atoms with van der Waals surface area (Å²) in [4.78, 5) is 0. The van der Waals surface area contributed by atoms with Crippen molar-refractivity contribution in [1.29, 1.82) is 0 Å². The van der Waals surface area contributed by atoms with Gasteiger partial charge in [-0.05, 0) is 24.0 Å². The maximum Gasteiger partial charge on any atom is 0.0787 e. The van der Waals surface area contributed by atoms with Gasteiger partial charge < -0.3 is 5.11 Å². The van der Waals surface area contributed by atoms with Crippen LogP contribution in [-0.2, 0) is 6.42 Å². The Balaban J connectivity index is 2.69. The molecule has 0 fully saturated rings. The standard InChI is InChI=1S/C12H18O/c1-3-5-10-6-8-11(9-7-10)12(13)4-2/h6-9,12-13H,3-5H2,1-2H3. The minimum absolute atomic E-state index is 0.296. The van der Waals surface area contributed by atoms with Gasteiger partial charge in [-0.25, -0.2) is 0 Å². The first-order valence-electron chi connectivity index (χ1n) is 5.04. The highest BCUT2D eigenvalue weighted by atomic mass is 16.3. The van der Waals surface area contributed by atoms with Crippen molar-refractivity contribution in [1.82, 2.24) is 0 Å². The van der Waals surface area contributed by atoms with Crippen LogP contribution < -0.4 is 0 Å². The van der Waals surface area contributed by atoms with Crippen LogP contribution in [0, 0.1) is 0 Å². The van der Waals surface area contributed by atoms with Crippen LogP contribution in [0.1, 0.15) is 43.9 Å². The van der Waals surface area contributed by atoms with Crippen LogP contribution in [-0.4, -0.2) is 5.11 Å². The average Bonchev–Trinajstić information content (AvgIpc) is 2.18. The number of aliphatic hydroxyl groups is 1. The summed E-state index contributed by atoms with van der Waals surface area (Å²) in [6.07, 6.45) is 2.79. The molecule has 1 N–H and O–H groups in total. The number of rotatable bonds is 4. The van der Waals surface area contributed by atoms with E-state index in [1.165, 1.54) is 12.0 Å². The van der Waals surface area contributed by atoms with Gasteiger partial charge in [0.2, 0.25) is 0 Å². The van der Waals surface area contributed by atoms with E-state index in [-0.39, 0.29) is 6.10 Å². The Labute approximate surface area is 80.4 Å². The largest absolute Gasteiger partial charge is 0.388 e. The zero-order valence-corrected chi connectivity index (χ0v) is 8.46. The summed E-state index contributed by atoms with van der Waals surface area (Å²) in [5.74, 6) is 0. The van der Waals surface area contributed by atoms with Crippen molar-refractivity contribution in [3.05, 3.63) is 35.4 Å². The van der Waals surface area contributed by atoms with Crippen LogP contribution >= 0.6 is 0 Å². The molecule has 0 aliphatic carbocycles. The third-order valence-electron chi connectivity index (χ3n) is 2.29. The zero-order chi connectivity index (χ0) is 9.68. The molecule has 1 nitrogen and oxygen atoms in total. The second-order valence-electron chi connectivity index (χ2n) is 3.42. The minimum atomic E-state index is -0.296. The Kier molecular flexibility index (Phi) is 3.97. The van der Waals surface area contributed by atoms with E-state index in [0.717, 1.165) is 18.4 Å². The summed E-state index contributed by atoms with van der Waals surface area (Å²) in [6, 6.07) is 8.27. The van der Waals surface area contributed by atoms with Crippen molar-refractivity contribution in [2.75, 3.05) is 0 Å². The quantitative estimate of drug-likeness (QED) is 0.751. The number of hydrogen-bond donors (Lipinski definition) is 1. The van der Waals surface area contributed by atoms with Crippen LogP contribution in [0.3, 0.4) is 0 Å². The van der Waals surface area contributed by atoms with Gasteiger partial charge in [-0.2, -0.15) is 0 Å². The average molecular weight is 178 g/mol. The summed E-state index contributed by atoms with van der Waals surface area (Å²) >= 11 is 0. The number of aliphatic hydroxyl groups excluding tert-OH is 1. The van der Waals surface area contributed by atoms with Gasteiger partial charge in [0.15, 0.2) is 0 Å². The lowest BCUT2D eigenvalue weighted by Gasteiger charge is -2.08. The summed E-state index contributed by atoms with van der Waals surface area (Å²) < 4.78 is 0. The van der Waals surface area contributed by atoms with E-state index in [2.05, 4.69) is 19.1 Å². The highest BCUT2D eigenvalue weighted by Crippen LogP contribution is 2.16. The number of aryl methyl sites for hydroxylation is 1. The van der Waals surface area contributed by atoms with E-state index in [1.54, 1.807) is 0 Å². The monoisotopic (exact) mass is 178 g/mol. The molecule has 1 unspecified atom stereocenters. The van der Waals surface area contributed by atoms with Crippen molar-refractivity contribution in [3.63, 3.8) is 0 Å². The highest BCUT2D eigenvalue weighted by molar-refractivity contribution is 5.24. The van der Waals surface area contributed by atoms with E-state index in [0.29, 0.717) is 0 Å². The lowest BCUT2D eigenvalue weighted by molar-refractivity contribution is 0.173. The molecule has 13 heavy (non-hydrogen) atoms. The summed E-state index contributed by atoms with van der Waals surface area (Å²) in [5.41, 5.74) is 2.39. The van der Waals surface area contributed by atoms with Gasteiger partial charge in [0, 0.05) is 0 Å². The summed E-state index contributed by atoms with van der Waals surface area (Å²) in [7, 11) is 0. The third kappa shape index (κ3) is 2.85. The van der Waals surface area contributed by atoms with Crippen LogP contribution in [0.15, 0.2) is 24.3 Å². The van der Waals surface area contributed by atoms with Crippen molar-refractivity contribution in [3.8, 4) is 0 Å². The fraction of sp³-hybridized carbons (Fsp3) is 0.500. The molecule has 0 amide bonds. The van der Waals surface area contributed by atoms with Gasteiger partial charge >= 0.3 is 0 Å². The Hall–Kier alpha value is -0.820. The fourth-order valence-corrected chi connectivity index (χ4v) is 1.43. The van der Waals surface area contributed by atoms with E-state index in [9.17, 15) is 5.11 Å². The molecule has 0 spiro atoms. The molecule has 0 bridgehead atoms. The van der Waals surface area contributed by atoms with Crippen LogP contribution in [0.4, 0.5) is 0 Å². The SMILES string of the molecule is CCCc1ccc(C(O)CC)cc1. The highest BCUT2D eigenvalue weighted by Gasteiger charge is 2.03. The molecule has 1 aromatic rings. The van der Waals surface area contributed by atoms with Crippen LogP contribution in [0.25, 0.3) is 0 Å². The van der Waals surface area contributed by atoms with Gasteiger partial charge in [0.05, 0.1) is 6.10 Å². The number of benzene rings is 1. The van der Waals surface area contributed by atoms with Gasteiger partial charge in [0.25, 0.3) is 0 Å². The maximum atomic E-state index is 9.55. The maximum absolute atomic E-state index is 9.55. The van der Waals surface area contributed by atoms with Gasteiger partial charge in [-0.3, -0.25) is 0 Å². The molecule has 0 aliphatic heterocycles. The van der Waals surface area contributed by atoms with Crippen molar-refractivity contribution in [2.24, 2.45) is 0 Å². The predicted molar refractivity (Wildman–Crippen MR) is 55.7 cm³/mol. The zero-order valence-electron chi connectivity index (χ0n) is 8.46. The van der Waals surface area contributed by atoms with Gasteiger partial charge in [0.1, 0.15) is 0 Å². The lowest BCUT2D eigenvalue weighted by Crippen LogP contribution is -1.95. The molecule has 1 rings (SSSR count). The predicted octanol–water partition coefficient (Wildman–Crippen LogP) is 3.08. The molecule has 72 valence electrons. The molecule has 0 saturated carbocycles. The van der Waals surface area contributed by atoms with E-state index in [4.69, 9.17) is 0 Å². The fourth-order valence-electron chi connectivity index (χ4n) is 1.43. The van der Waals surface area contributed by atoms with Crippen molar-refractivity contribution in [2.45, 2.75) is 39.2 Å². The van der Waals surface area contributed by atoms with Crippen LogP contribution in [0.2, 0.25) is 0 Å². The molecule has 0 radical (unpaired) electrons. The Morgan fingerprint density at radius 1 is 1.15 bits per heavy atom. The Bertz CT molecular complexity index is 238. The molecule has 0 saturated heterocycles. The van der Waals surface area contributed by atoms with Crippen molar-refractivity contribution >= 4 is 0 Å². The van der Waals surface area contributed by atoms with E-state index in [1.807, 2.05) is 19.1 Å². The van der Waals surface area contributed by atoms with E-state index < -0.39 is 0 Å². The first-order valence-corrected chi connectivity index (χ1v) is 5.04. The molecule has 0 aliphatic rings. The lowest BCUT2D eigenvalue weighted by atomic mass is 10.0. The molecular weight excluding hydrogens is 160 g/mol. The van der Waals surface area contributed by atoms with Crippen LogP contribution in [0.5, 0.6) is 0 Å². The first-order chi connectivity index (χ1) is 6.27. The van der Waals surface area contributed by atoms with Gasteiger partial charge in [-0.1, -0.05) is 44.5 Å². The first kappa shape index (κ1) is 10.3. The molecule has 1 atom stereocenters. The van der Waals surface area contributed by atoms with E-state index >= 15 is 0 Å². The second kappa shape index (κ2) is 5.03. The molecule has 1 aromatic carbocycles. The second-order valence-corrected chi connectivity index (χ2v) is 3.42. The molecule has 0 aromatic heterocycles. The Morgan fingerprint density at radius 3 is 2.23 bits per heavy atom. The molecule has 0 heterocycles. The normalized spacial score (nSPS) is 12.8. The summed E-state index contributed by atoms with van der Waals surface area (Å²) in [5, 5.41) is 9.55. The van der Waals surface area contributed by atoms with Gasteiger partial charge in [-0.15, -0.1) is 0 Å². The van der Waals surface area contributed by atoms with Crippen molar-refractivity contribution < 1.29 is 5.11 Å². The topological polar surface area (TPSA) is 20.2 Å². The smallest absolute Gasteiger partial charge is 0.0787 e. The number of hydrogen-bond acceptors (Lipinski definition) is 1.